The summed E-state index contributed by atoms with van der Waals surface area (Å²) in [5, 5.41) is 9.64. The van der Waals surface area contributed by atoms with Gasteiger partial charge in [-0.05, 0) is 0 Å². The van der Waals surface area contributed by atoms with Crippen LogP contribution < -0.4 is 0 Å². The zero-order chi connectivity index (χ0) is 14.9. The van der Waals surface area contributed by atoms with E-state index in [1.807, 2.05) is 15.7 Å². The second kappa shape index (κ2) is 5.77. The Bertz CT molecular complexity index is 516. The molecule has 21 heavy (non-hydrogen) atoms. The minimum atomic E-state index is -0.223. The van der Waals surface area contributed by atoms with Crippen LogP contribution in [0, 0.1) is 11.3 Å². The van der Waals surface area contributed by atoms with E-state index in [9.17, 15) is 9.90 Å². The predicted octanol–water partition coefficient (Wildman–Crippen LogP) is 0.303. The number of amides is 1. The van der Waals surface area contributed by atoms with Crippen molar-refractivity contribution in [3.63, 3.8) is 0 Å². The third-order valence-corrected chi connectivity index (χ3v) is 4.87. The SMILES string of the molecule is CCc1nccn1CCC(=O)N1C[C@H]2COC[C@@]2(CO)C1. The number of aryl methyl sites for hydroxylation is 2. The summed E-state index contributed by atoms with van der Waals surface area (Å²) in [7, 11) is 0. The first-order valence-electron chi connectivity index (χ1n) is 7.65. The second-order valence-electron chi connectivity index (χ2n) is 6.15. The molecule has 6 heteroatoms. The molecule has 2 fully saturated rings. The first-order chi connectivity index (χ1) is 10.2. The van der Waals surface area contributed by atoms with Gasteiger partial charge >= 0.3 is 0 Å². The number of fused-ring (bicyclic) bond motifs is 1. The lowest BCUT2D eigenvalue weighted by Gasteiger charge is -2.24. The molecule has 0 radical (unpaired) electrons. The van der Waals surface area contributed by atoms with E-state index in [0.29, 0.717) is 39.3 Å². The maximum Gasteiger partial charge on any atom is 0.224 e. The largest absolute Gasteiger partial charge is 0.396 e. The van der Waals surface area contributed by atoms with Crippen molar-refractivity contribution in [2.45, 2.75) is 26.3 Å². The van der Waals surface area contributed by atoms with Crippen LogP contribution in [-0.4, -0.2) is 58.4 Å². The number of aliphatic hydroxyl groups is 1. The molecule has 0 saturated carbocycles. The fourth-order valence-electron chi connectivity index (χ4n) is 3.48. The fraction of sp³-hybridized carbons (Fsp3) is 0.733. The van der Waals surface area contributed by atoms with Crippen LogP contribution in [-0.2, 0) is 22.5 Å². The molecule has 0 unspecified atom stereocenters. The summed E-state index contributed by atoms with van der Waals surface area (Å²) >= 11 is 0. The Morgan fingerprint density at radius 1 is 1.62 bits per heavy atom. The van der Waals surface area contributed by atoms with Gasteiger partial charge in [-0.25, -0.2) is 4.98 Å². The first kappa shape index (κ1) is 14.5. The number of ether oxygens (including phenoxy) is 1. The van der Waals surface area contributed by atoms with Gasteiger partial charge in [-0.3, -0.25) is 4.79 Å². The van der Waals surface area contributed by atoms with Gasteiger partial charge < -0.3 is 19.3 Å². The molecule has 0 bridgehead atoms. The predicted molar refractivity (Wildman–Crippen MR) is 76.6 cm³/mol. The standard InChI is InChI=1S/C15H23N3O3/c1-2-13-16-4-6-17(13)5-3-14(20)18-7-12-8-21-11-15(12,9-18)10-19/h4,6,12,19H,2-3,5,7-11H2,1H3/t12-,15-/m0/s1. The quantitative estimate of drug-likeness (QED) is 0.848. The van der Waals surface area contributed by atoms with Gasteiger partial charge in [0.25, 0.3) is 0 Å². The van der Waals surface area contributed by atoms with Crippen LogP contribution in [0.25, 0.3) is 0 Å². The maximum atomic E-state index is 12.4. The van der Waals surface area contributed by atoms with Gasteiger partial charge in [0, 0.05) is 56.2 Å². The number of rotatable bonds is 5. The highest BCUT2D eigenvalue weighted by Crippen LogP contribution is 2.40. The minimum absolute atomic E-state index is 0.100. The van der Waals surface area contributed by atoms with E-state index in [1.54, 1.807) is 6.20 Å². The third-order valence-electron chi connectivity index (χ3n) is 4.87. The Morgan fingerprint density at radius 3 is 3.19 bits per heavy atom. The molecule has 2 aliphatic rings. The summed E-state index contributed by atoms with van der Waals surface area (Å²) in [6, 6.07) is 0. The van der Waals surface area contributed by atoms with Gasteiger partial charge in [-0.2, -0.15) is 0 Å². The number of hydrogen-bond donors (Lipinski definition) is 1. The summed E-state index contributed by atoms with van der Waals surface area (Å²) in [6.45, 7) is 5.40. The molecule has 2 saturated heterocycles. The van der Waals surface area contributed by atoms with E-state index in [-0.39, 0.29) is 23.8 Å². The van der Waals surface area contributed by atoms with Gasteiger partial charge in [-0.15, -0.1) is 0 Å². The number of carbonyl (C=O) groups excluding carboxylic acids is 1. The van der Waals surface area contributed by atoms with Crippen molar-refractivity contribution >= 4 is 5.91 Å². The molecular formula is C15H23N3O3. The normalized spacial score (nSPS) is 28.1. The highest BCUT2D eigenvalue weighted by molar-refractivity contribution is 5.76. The van der Waals surface area contributed by atoms with E-state index >= 15 is 0 Å². The Labute approximate surface area is 124 Å². The van der Waals surface area contributed by atoms with E-state index in [0.717, 1.165) is 12.2 Å². The zero-order valence-electron chi connectivity index (χ0n) is 12.5. The average Bonchev–Trinajstić information content (AvgIpc) is 3.17. The van der Waals surface area contributed by atoms with Gasteiger partial charge in [0.1, 0.15) is 5.82 Å². The summed E-state index contributed by atoms with van der Waals surface area (Å²) < 4.78 is 7.51. The summed E-state index contributed by atoms with van der Waals surface area (Å²) in [5.74, 6) is 1.46. The van der Waals surface area contributed by atoms with Crippen molar-refractivity contribution in [3.8, 4) is 0 Å². The van der Waals surface area contributed by atoms with Crippen LogP contribution in [0.1, 0.15) is 19.2 Å². The molecule has 0 aliphatic carbocycles. The summed E-state index contributed by atoms with van der Waals surface area (Å²) in [4.78, 5) is 18.6. The number of likely N-dealkylation sites (tertiary alicyclic amines) is 1. The number of carbonyl (C=O) groups is 1. The lowest BCUT2D eigenvalue weighted by atomic mass is 9.82. The summed E-state index contributed by atoms with van der Waals surface area (Å²) in [5.41, 5.74) is -0.223. The van der Waals surface area contributed by atoms with E-state index in [1.165, 1.54) is 0 Å². The topological polar surface area (TPSA) is 67.6 Å². The second-order valence-corrected chi connectivity index (χ2v) is 6.15. The molecule has 0 aromatic carbocycles. The Hall–Kier alpha value is -1.40. The van der Waals surface area contributed by atoms with Crippen LogP contribution >= 0.6 is 0 Å². The molecule has 1 aromatic heterocycles. The Kier molecular flexibility index (Phi) is 3.99. The smallest absolute Gasteiger partial charge is 0.224 e. The van der Waals surface area contributed by atoms with Crippen LogP contribution in [0.3, 0.4) is 0 Å². The van der Waals surface area contributed by atoms with E-state index in [4.69, 9.17) is 4.74 Å². The van der Waals surface area contributed by atoms with Gasteiger partial charge in [0.05, 0.1) is 19.8 Å². The molecule has 1 aromatic rings. The zero-order valence-corrected chi connectivity index (χ0v) is 12.5. The molecule has 1 N–H and O–H groups in total. The van der Waals surface area contributed by atoms with Crippen molar-refractivity contribution in [1.29, 1.82) is 0 Å². The van der Waals surface area contributed by atoms with Crippen LogP contribution in [0.15, 0.2) is 12.4 Å². The number of nitrogens with zero attached hydrogens (tertiary/aromatic N) is 3. The highest BCUT2D eigenvalue weighted by atomic mass is 16.5. The molecule has 2 aliphatic heterocycles. The summed E-state index contributed by atoms with van der Waals surface area (Å²) in [6.07, 6.45) is 5.06. The van der Waals surface area contributed by atoms with Crippen molar-refractivity contribution in [2.75, 3.05) is 32.9 Å². The third kappa shape index (κ3) is 2.58. The average molecular weight is 293 g/mol. The molecular weight excluding hydrogens is 270 g/mol. The van der Waals surface area contributed by atoms with Crippen LogP contribution in [0.4, 0.5) is 0 Å². The van der Waals surface area contributed by atoms with Gasteiger partial charge in [-0.1, -0.05) is 6.92 Å². The minimum Gasteiger partial charge on any atom is -0.396 e. The number of aromatic nitrogens is 2. The van der Waals surface area contributed by atoms with Crippen molar-refractivity contribution in [2.24, 2.45) is 11.3 Å². The molecule has 3 rings (SSSR count). The van der Waals surface area contributed by atoms with Crippen molar-refractivity contribution in [1.82, 2.24) is 14.5 Å². The number of aliphatic hydroxyl groups excluding tert-OH is 1. The Morgan fingerprint density at radius 2 is 2.48 bits per heavy atom. The monoisotopic (exact) mass is 293 g/mol. The molecule has 0 spiro atoms. The lowest BCUT2D eigenvalue weighted by molar-refractivity contribution is -0.131. The molecule has 2 atom stereocenters. The highest BCUT2D eigenvalue weighted by Gasteiger charge is 2.51. The molecule has 6 nitrogen and oxygen atoms in total. The van der Waals surface area contributed by atoms with Gasteiger partial charge in [0.15, 0.2) is 0 Å². The number of hydrogen-bond acceptors (Lipinski definition) is 4. The molecule has 116 valence electrons. The van der Waals surface area contributed by atoms with Crippen LogP contribution in [0.2, 0.25) is 0 Å². The molecule has 3 heterocycles. The van der Waals surface area contributed by atoms with Crippen molar-refractivity contribution in [3.05, 3.63) is 18.2 Å². The number of imidazole rings is 1. The van der Waals surface area contributed by atoms with Crippen molar-refractivity contribution < 1.29 is 14.6 Å². The van der Waals surface area contributed by atoms with Gasteiger partial charge in [0.2, 0.25) is 5.91 Å². The Balaban J connectivity index is 1.57. The van der Waals surface area contributed by atoms with E-state index in [2.05, 4.69) is 11.9 Å². The fourth-order valence-corrected chi connectivity index (χ4v) is 3.48. The first-order valence-corrected chi connectivity index (χ1v) is 7.65. The maximum absolute atomic E-state index is 12.4. The van der Waals surface area contributed by atoms with E-state index < -0.39 is 0 Å². The lowest BCUT2D eigenvalue weighted by Crippen LogP contribution is -2.36. The van der Waals surface area contributed by atoms with Crippen LogP contribution in [0.5, 0.6) is 0 Å². The molecule has 1 amide bonds.